The van der Waals surface area contributed by atoms with E-state index in [2.05, 4.69) is 0 Å². The number of benzene rings is 1. The average Bonchev–Trinajstić information content (AvgIpc) is 2.99. The van der Waals surface area contributed by atoms with Crippen LogP contribution < -0.4 is 4.74 Å². The third kappa shape index (κ3) is 8.91. The van der Waals surface area contributed by atoms with Crippen LogP contribution in [0.15, 0.2) is 18.2 Å². The molecule has 0 radical (unpaired) electrons. The van der Waals surface area contributed by atoms with Crippen LogP contribution >= 0.6 is 0 Å². The Bertz CT molecular complexity index is 829. The van der Waals surface area contributed by atoms with E-state index in [-0.39, 0.29) is 36.8 Å². The first-order chi connectivity index (χ1) is 16.2. The first-order valence-electron chi connectivity index (χ1n) is 12.0. The predicted molar refractivity (Wildman–Crippen MR) is 120 cm³/mol. The summed E-state index contributed by atoms with van der Waals surface area (Å²) in [5, 5.41) is 40.2. The van der Waals surface area contributed by atoms with Crippen molar-refractivity contribution in [2.24, 2.45) is 11.8 Å². The van der Waals surface area contributed by atoms with Gasteiger partial charge in [-0.15, -0.1) is 0 Å². The third-order valence-corrected chi connectivity index (χ3v) is 6.85. The summed E-state index contributed by atoms with van der Waals surface area (Å²) in [7, 11) is 0. The number of aliphatic hydroxyl groups excluding tert-OH is 3. The zero-order valence-corrected chi connectivity index (χ0v) is 20.1. The molecular weight excluding hydrogens is 472 g/mol. The molecule has 200 valence electrons. The maximum absolute atomic E-state index is 13.7. The summed E-state index contributed by atoms with van der Waals surface area (Å²) < 4.78 is 58.2. The Morgan fingerprint density at radius 2 is 1.63 bits per heavy atom. The van der Waals surface area contributed by atoms with Crippen LogP contribution in [0, 0.1) is 17.7 Å². The molecule has 35 heavy (non-hydrogen) atoms. The first-order valence-corrected chi connectivity index (χ1v) is 12.0. The predicted octanol–water partition coefficient (Wildman–Crippen LogP) is 4.93. The van der Waals surface area contributed by atoms with Gasteiger partial charge in [0.05, 0.1) is 23.9 Å². The lowest BCUT2D eigenvalue weighted by molar-refractivity contribution is -0.138. The number of carboxylic acids is 1. The van der Waals surface area contributed by atoms with Crippen molar-refractivity contribution in [2.45, 2.75) is 102 Å². The quantitative estimate of drug-likeness (QED) is 0.222. The Hall–Kier alpha value is -1.91. The molecule has 4 N–H and O–H groups in total. The van der Waals surface area contributed by atoms with Crippen molar-refractivity contribution in [1.82, 2.24) is 0 Å². The third-order valence-electron chi connectivity index (χ3n) is 6.85. The molecule has 0 heterocycles. The Morgan fingerprint density at radius 3 is 2.23 bits per heavy atom. The van der Waals surface area contributed by atoms with Crippen molar-refractivity contribution in [3.05, 3.63) is 29.6 Å². The first kappa shape index (κ1) is 29.3. The van der Waals surface area contributed by atoms with Crippen molar-refractivity contribution in [3.63, 3.8) is 0 Å². The second kappa shape index (κ2) is 12.4. The molecule has 0 aliphatic heterocycles. The Labute approximate surface area is 202 Å². The minimum atomic E-state index is -4.74. The molecule has 5 unspecified atom stereocenters. The fraction of sp³-hybridized carbons (Fsp3) is 0.720. The molecule has 6 nitrogen and oxygen atoms in total. The van der Waals surface area contributed by atoms with Crippen molar-refractivity contribution in [2.75, 3.05) is 0 Å². The zero-order chi connectivity index (χ0) is 26.4. The van der Waals surface area contributed by atoms with Gasteiger partial charge in [0.15, 0.2) is 0 Å². The van der Waals surface area contributed by atoms with Gasteiger partial charge in [0, 0.05) is 12.5 Å². The summed E-state index contributed by atoms with van der Waals surface area (Å²) in [5.41, 5.74) is -2.52. The van der Waals surface area contributed by atoms with Gasteiger partial charge in [0.1, 0.15) is 17.2 Å². The van der Waals surface area contributed by atoms with Crippen molar-refractivity contribution in [1.29, 1.82) is 0 Å². The Balaban J connectivity index is 1.93. The van der Waals surface area contributed by atoms with Crippen LogP contribution in [0.5, 0.6) is 5.75 Å². The average molecular weight is 509 g/mol. The van der Waals surface area contributed by atoms with Crippen molar-refractivity contribution in [3.8, 4) is 5.75 Å². The van der Waals surface area contributed by atoms with E-state index in [4.69, 9.17) is 9.84 Å². The minimum absolute atomic E-state index is 0.121. The zero-order valence-electron chi connectivity index (χ0n) is 20.1. The van der Waals surface area contributed by atoms with Crippen LogP contribution in [0.1, 0.15) is 77.2 Å². The van der Waals surface area contributed by atoms with E-state index in [1.807, 2.05) is 0 Å². The topological polar surface area (TPSA) is 107 Å². The standard InChI is InChI=1S/C25H36F4O6/c1-24(2,35-17-12-15(25(27,28)29)11-16(26)13-17)22(32)10-9-19-18(20(30)14-21(19)31)7-5-3-4-6-8-23(33)34/h11-13,18-22,30-32H,3-10,14H2,1-2H3,(H,33,34). The summed E-state index contributed by atoms with van der Waals surface area (Å²) in [6, 6.07) is 1.88. The number of ether oxygens (including phenoxy) is 1. The molecule has 1 aromatic carbocycles. The van der Waals surface area contributed by atoms with E-state index in [1.165, 1.54) is 13.8 Å². The number of halogens is 4. The number of hydrogen-bond acceptors (Lipinski definition) is 5. The van der Waals surface area contributed by atoms with E-state index < -0.39 is 47.4 Å². The summed E-state index contributed by atoms with van der Waals surface area (Å²) in [5.74, 6) is -2.71. The lowest BCUT2D eigenvalue weighted by Crippen LogP contribution is -2.42. The van der Waals surface area contributed by atoms with E-state index in [0.29, 0.717) is 31.4 Å². The van der Waals surface area contributed by atoms with E-state index in [0.717, 1.165) is 25.3 Å². The van der Waals surface area contributed by atoms with Gasteiger partial charge >= 0.3 is 12.1 Å². The number of aliphatic hydroxyl groups is 3. The number of carbonyl (C=O) groups is 1. The Kier molecular flexibility index (Phi) is 10.4. The molecule has 2 rings (SSSR count). The maximum Gasteiger partial charge on any atom is 0.416 e. The van der Waals surface area contributed by atoms with Crippen LogP contribution in [-0.2, 0) is 11.0 Å². The second-order valence-electron chi connectivity index (χ2n) is 10.0. The van der Waals surface area contributed by atoms with Crippen LogP contribution in [0.25, 0.3) is 0 Å². The normalized spacial score (nSPS) is 23.9. The molecule has 5 atom stereocenters. The smallest absolute Gasteiger partial charge is 0.416 e. The van der Waals surface area contributed by atoms with Crippen LogP contribution in [0.3, 0.4) is 0 Å². The second-order valence-corrected chi connectivity index (χ2v) is 10.0. The van der Waals surface area contributed by atoms with Crippen LogP contribution in [-0.4, -0.2) is 50.3 Å². The molecule has 1 aliphatic carbocycles. The fourth-order valence-corrected chi connectivity index (χ4v) is 4.85. The minimum Gasteiger partial charge on any atom is -0.485 e. The lowest BCUT2D eigenvalue weighted by atomic mass is 9.83. The highest BCUT2D eigenvalue weighted by molar-refractivity contribution is 5.66. The molecule has 1 saturated carbocycles. The van der Waals surface area contributed by atoms with Gasteiger partial charge < -0.3 is 25.2 Å². The van der Waals surface area contributed by atoms with E-state index in [9.17, 15) is 37.7 Å². The molecule has 0 amide bonds. The van der Waals surface area contributed by atoms with Gasteiger partial charge in [-0.3, -0.25) is 4.79 Å². The number of alkyl halides is 3. The highest BCUT2D eigenvalue weighted by Crippen LogP contribution is 2.40. The molecule has 1 aromatic rings. The SMILES string of the molecule is CC(C)(Oc1cc(F)cc(C(F)(F)F)c1)C(O)CCC1C(O)CC(O)C1CCCCCCC(=O)O. The van der Waals surface area contributed by atoms with Gasteiger partial charge in [0.25, 0.3) is 0 Å². The number of rotatable bonds is 13. The number of aliphatic carboxylic acids is 1. The van der Waals surface area contributed by atoms with Crippen LogP contribution in [0.2, 0.25) is 0 Å². The molecule has 1 fully saturated rings. The molecule has 0 aromatic heterocycles. The molecule has 10 heteroatoms. The number of hydrogen-bond donors (Lipinski definition) is 4. The molecule has 0 saturated heterocycles. The van der Waals surface area contributed by atoms with E-state index >= 15 is 0 Å². The highest BCUT2D eigenvalue weighted by atomic mass is 19.4. The summed E-state index contributed by atoms with van der Waals surface area (Å²) in [6.07, 6.45) is -2.79. The lowest BCUT2D eigenvalue weighted by Gasteiger charge is -2.33. The monoisotopic (exact) mass is 508 g/mol. The summed E-state index contributed by atoms with van der Waals surface area (Å²) in [6.45, 7) is 2.98. The summed E-state index contributed by atoms with van der Waals surface area (Å²) in [4.78, 5) is 10.6. The number of carboxylic acid groups (broad SMARTS) is 1. The molecular formula is C25H36F4O6. The van der Waals surface area contributed by atoms with Gasteiger partial charge in [-0.05, 0) is 69.9 Å². The van der Waals surface area contributed by atoms with Gasteiger partial charge in [0.2, 0.25) is 0 Å². The van der Waals surface area contributed by atoms with Gasteiger partial charge in [-0.25, -0.2) is 4.39 Å². The molecule has 0 bridgehead atoms. The maximum atomic E-state index is 13.7. The fourth-order valence-electron chi connectivity index (χ4n) is 4.85. The van der Waals surface area contributed by atoms with Crippen molar-refractivity contribution < 1.29 is 47.5 Å². The summed E-state index contributed by atoms with van der Waals surface area (Å²) >= 11 is 0. The Morgan fingerprint density at radius 1 is 1.03 bits per heavy atom. The van der Waals surface area contributed by atoms with Gasteiger partial charge in [-0.2, -0.15) is 13.2 Å². The van der Waals surface area contributed by atoms with E-state index in [1.54, 1.807) is 0 Å². The highest BCUT2D eigenvalue weighted by Gasteiger charge is 2.42. The largest absolute Gasteiger partial charge is 0.485 e. The van der Waals surface area contributed by atoms with Crippen molar-refractivity contribution >= 4 is 5.97 Å². The molecule has 0 spiro atoms. The molecule has 1 aliphatic rings. The van der Waals surface area contributed by atoms with Gasteiger partial charge in [-0.1, -0.05) is 19.3 Å². The number of unbranched alkanes of at least 4 members (excludes halogenated alkanes) is 3. The van der Waals surface area contributed by atoms with Crippen LogP contribution in [0.4, 0.5) is 17.6 Å².